The Bertz CT molecular complexity index is 555. The number of hydrogen-bond donors (Lipinski definition) is 2. The molecule has 1 atom stereocenters. The summed E-state index contributed by atoms with van der Waals surface area (Å²) in [5.41, 5.74) is -0.803. The number of carboxylic acids is 1. The van der Waals surface area contributed by atoms with Crippen molar-refractivity contribution in [1.82, 2.24) is 5.32 Å². The maximum atomic E-state index is 12.3. The molecule has 0 spiro atoms. The van der Waals surface area contributed by atoms with Gasteiger partial charge in [-0.3, -0.25) is 14.9 Å². The van der Waals surface area contributed by atoms with E-state index in [0.29, 0.717) is 13.0 Å². The molecule has 1 aromatic carbocycles. The minimum Gasteiger partial charge on any atom is -0.478 e. The second-order valence-electron chi connectivity index (χ2n) is 5.10. The summed E-state index contributed by atoms with van der Waals surface area (Å²) in [6.07, 6.45) is 2.55. The summed E-state index contributed by atoms with van der Waals surface area (Å²) in [6, 6.07) is 2.86. The highest BCUT2D eigenvalue weighted by atomic mass is 16.6. The molecule has 0 saturated heterocycles. The number of unbranched alkanes of at least 4 members (excludes halogenated alkanes) is 1. The van der Waals surface area contributed by atoms with Crippen LogP contribution in [0, 0.1) is 10.1 Å². The van der Waals surface area contributed by atoms with Crippen molar-refractivity contribution in [2.75, 3.05) is 13.7 Å². The third-order valence-corrected chi connectivity index (χ3v) is 3.25. The number of ether oxygens (including phenoxy) is 1. The van der Waals surface area contributed by atoms with Crippen LogP contribution in [0.5, 0.6) is 0 Å². The van der Waals surface area contributed by atoms with Gasteiger partial charge in [0.1, 0.15) is 0 Å². The number of carboxylic acid groups (broad SMARTS) is 1. The molecule has 0 heterocycles. The van der Waals surface area contributed by atoms with Crippen LogP contribution in [0.2, 0.25) is 0 Å². The molecule has 0 aliphatic heterocycles. The van der Waals surface area contributed by atoms with Gasteiger partial charge in [0.25, 0.3) is 11.6 Å². The van der Waals surface area contributed by atoms with Crippen molar-refractivity contribution in [3.63, 3.8) is 0 Å². The van der Waals surface area contributed by atoms with E-state index in [4.69, 9.17) is 9.84 Å². The van der Waals surface area contributed by atoms with Crippen LogP contribution in [-0.4, -0.2) is 41.7 Å². The maximum absolute atomic E-state index is 12.3. The molecule has 1 amide bonds. The summed E-state index contributed by atoms with van der Waals surface area (Å²) in [5, 5.41) is 22.6. The predicted octanol–water partition coefficient (Wildman–Crippen LogP) is 2.23. The Balaban J connectivity index is 3.00. The van der Waals surface area contributed by atoms with Gasteiger partial charge in [-0.25, -0.2) is 4.79 Å². The monoisotopic (exact) mass is 324 g/mol. The Labute approximate surface area is 133 Å². The van der Waals surface area contributed by atoms with Gasteiger partial charge in [-0.1, -0.05) is 19.8 Å². The highest BCUT2D eigenvalue weighted by Gasteiger charge is 2.19. The van der Waals surface area contributed by atoms with Crippen LogP contribution in [0.4, 0.5) is 5.69 Å². The molecule has 0 fully saturated rings. The fraction of sp³-hybridized carbons (Fsp3) is 0.467. The highest BCUT2D eigenvalue weighted by molar-refractivity contribution is 5.98. The lowest BCUT2D eigenvalue weighted by atomic mass is 10.1. The van der Waals surface area contributed by atoms with Gasteiger partial charge in [0, 0.05) is 24.8 Å². The van der Waals surface area contributed by atoms with Crippen molar-refractivity contribution in [2.24, 2.45) is 0 Å². The number of methoxy groups -OCH3 is 1. The van der Waals surface area contributed by atoms with Gasteiger partial charge < -0.3 is 15.2 Å². The zero-order chi connectivity index (χ0) is 17.4. The first kappa shape index (κ1) is 18.6. The van der Waals surface area contributed by atoms with Crippen molar-refractivity contribution in [1.29, 1.82) is 0 Å². The number of nitrogens with zero attached hydrogens (tertiary/aromatic N) is 1. The number of carbonyl (C=O) groups excluding carboxylic acids is 1. The Morgan fingerprint density at radius 3 is 2.52 bits per heavy atom. The summed E-state index contributed by atoms with van der Waals surface area (Å²) in [4.78, 5) is 33.5. The lowest BCUT2D eigenvalue weighted by Crippen LogP contribution is -2.38. The average molecular weight is 324 g/mol. The van der Waals surface area contributed by atoms with E-state index < -0.39 is 22.5 Å². The normalized spacial score (nSPS) is 11.7. The topological polar surface area (TPSA) is 119 Å². The molecule has 0 aliphatic carbocycles. The second-order valence-corrected chi connectivity index (χ2v) is 5.10. The fourth-order valence-corrected chi connectivity index (χ4v) is 2.09. The summed E-state index contributed by atoms with van der Waals surface area (Å²) in [7, 11) is 1.51. The fourth-order valence-electron chi connectivity index (χ4n) is 2.09. The zero-order valence-corrected chi connectivity index (χ0v) is 13.1. The van der Waals surface area contributed by atoms with E-state index in [1.165, 1.54) is 7.11 Å². The molecule has 126 valence electrons. The van der Waals surface area contributed by atoms with Gasteiger partial charge in [-0.05, 0) is 12.5 Å². The molecular weight excluding hydrogens is 304 g/mol. The zero-order valence-electron chi connectivity index (χ0n) is 13.1. The summed E-state index contributed by atoms with van der Waals surface area (Å²) < 4.78 is 5.04. The van der Waals surface area contributed by atoms with Gasteiger partial charge >= 0.3 is 5.97 Å². The van der Waals surface area contributed by atoms with Crippen LogP contribution in [0.3, 0.4) is 0 Å². The molecule has 0 aliphatic rings. The molecule has 0 saturated carbocycles. The Kier molecular flexibility index (Phi) is 7.14. The van der Waals surface area contributed by atoms with Gasteiger partial charge in [0.2, 0.25) is 0 Å². The Morgan fingerprint density at radius 1 is 1.35 bits per heavy atom. The van der Waals surface area contributed by atoms with E-state index >= 15 is 0 Å². The molecule has 23 heavy (non-hydrogen) atoms. The van der Waals surface area contributed by atoms with E-state index in [1.54, 1.807) is 0 Å². The Morgan fingerprint density at radius 2 is 2.00 bits per heavy atom. The molecule has 0 bridgehead atoms. The SMILES string of the molecule is CCCCC(COC)NC(=O)c1cc(C(=O)O)cc([N+](=O)[O-])c1. The third-order valence-electron chi connectivity index (χ3n) is 3.25. The van der Waals surface area contributed by atoms with E-state index in [9.17, 15) is 19.7 Å². The largest absolute Gasteiger partial charge is 0.478 e. The molecule has 1 unspecified atom stereocenters. The average Bonchev–Trinajstić information content (AvgIpc) is 2.52. The number of non-ortho nitro benzene ring substituents is 1. The molecule has 0 aromatic heterocycles. The number of aromatic carboxylic acids is 1. The van der Waals surface area contributed by atoms with E-state index in [0.717, 1.165) is 31.0 Å². The quantitative estimate of drug-likeness (QED) is 0.531. The molecule has 1 aromatic rings. The molecule has 8 nitrogen and oxygen atoms in total. The van der Waals surface area contributed by atoms with Crippen molar-refractivity contribution in [3.8, 4) is 0 Å². The summed E-state index contributed by atoms with van der Waals surface area (Å²) in [6.45, 7) is 2.33. The van der Waals surface area contributed by atoms with Crippen molar-refractivity contribution < 1.29 is 24.4 Å². The van der Waals surface area contributed by atoms with Gasteiger partial charge in [-0.15, -0.1) is 0 Å². The van der Waals surface area contributed by atoms with Crippen LogP contribution < -0.4 is 5.32 Å². The number of nitro groups is 1. The smallest absolute Gasteiger partial charge is 0.335 e. The number of carbonyl (C=O) groups is 2. The number of nitrogens with one attached hydrogen (secondary N) is 1. The minimum atomic E-state index is -1.33. The summed E-state index contributed by atoms with van der Waals surface area (Å²) in [5.74, 6) is -1.89. The molecular formula is C15H20N2O6. The molecule has 2 N–H and O–H groups in total. The first-order chi connectivity index (χ1) is 10.9. The van der Waals surface area contributed by atoms with E-state index in [2.05, 4.69) is 5.32 Å². The predicted molar refractivity (Wildman–Crippen MR) is 82.7 cm³/mol. The van der Waals surface area contributed by atoms with E-state index in [-0.39, 0.29) is 17.2 Å². The molecule has 0 radical (unpaired) electrons. The van der Waals surface area contributed by atoms with Gasteiger partial charge in [-0.2, -0.15) is 0 Å². The van der Waals surface area contributed by atoms with Crippen LogP contribution in [0.15, 0.2) is 18.2 Å². The standard InChI is InChI=1S/C15H20N2O6/c1-3-4-5-12(9-23-2)16-14(18)10-6-11(15(19)20)8-13(7-10)17(21)22/h6-8,12H,3-5,9H2,1-2H3,(H,16,18)(H,19,20). The number of benzene rings is 1. The first-order valence-corrected chi connectivity index (χ1v) is 7.21. The molecule has 1 rings (SSSR count). The van der Waals surface area contributed by atoms with Crippen LogP contribution >= 0.6 is 0 Å². The first-order valence-electron chi connectivity index (χ1n) is 7.21. The Hall–Kier alpha value is -2.48. The lowest BCUT2D eigenvalue weighted by molar-refractivity contribution is -0.384. The van der Waals surface area contributed by atoms with Gasteiger partial charge in [0.05, 0.1) is 23.1 Å². The minimum absolute atomic E-state index is 0.0609. The number of amides is 1. The van der Waals surface area contributed by atoms with Crippen LogP contribution in [0.25, 0.3) is 0 Å². The number of rotatable bonds is 9. The van der Waals surface area contributed by atoms with Crippen molar-refractivity contribution in [2.45, 2.75) is 32.2 Å². The van der Waals surface area contributed by atoms with E-state index in [1.807, 2.05) is 6.92 Å². The number of nitro benzene ring substituents is 1. The highest BCUT2D eigenvalue weighted by Crippen LogP contribution is 2.18. The third kappa shape index (κ3) is 5.67. The second kappa shape index (κ2) is 8.84. The van der Waals surface area contributed by atoms with Crippen molar-refractivity contribution in [3.05, 3.63) is 39.4 Å². The summed E-state index contributed by atoms with van der Waals surface area (Å²) >= 11 is 0. The van der Waals surface area contributed by atoms with Gasteiger partial charge in [0.15, 0.2) is 0 Å². The van der Waals surface area contributed by atoms with Crippen molar-refractivity contribution >= 4 is 17.6 Å². The lowest BCUT2D eigenvalue weighted by Gasteiger charge is -2.17. The number of hydrogen-bond acceptors (Lipinski definition) is 5. The molecule has 8 heteroatoms. The maximum Gasteiger partial charge on any atom is 0.335 e. The van der Waals surface area contributed by atoms with Crippen LogP contribution in [0.1, 0.15) is 46.9 Å². The van der Waals surface area contributed by atoms with Crippen LogP contribution in [-0.2, 0) is 4.74 Å².